The van der Waals surface area contributed by atoms with Crippen LogP contribution < -0.4 is 9.46 Å². The zero-order chi connectivity index (χ0) is 21.1. The molecule has 3 rings (SSSR count). The first-order valence-electron chi connectivity index (χ1n) is 9.16. The summed E-state index contributed by atoms with van der Waals surface area (Å²) in [5, 5.41) is 0.276. The second-order valence-corrected chi connectivity index (χ2v) is 10.8. The van der Waals surface area contributed by atoms with Crippen molar-refractivity contribution < 1.29 is 21.6 Å². The molecule has 0 spiro atoms. The molecule has 1 saturated heterocycles. The number of nitrogens with zero attached hydrogens (tertiary/aromatic N) is 1. The van der Waals surface area contributed by atoms with E-state index >= 15 is 0 Å². The average Bonchev–Trinajstić information content (AvgIpc) is 2.73. The van der Waals surface area contributed by atoms with E-state index in [9.17, 15) is 16.8 Å². The summed E-state index contributed by atoms with van der Waals surface area (Å²) < 4.78 is 59.7. The minimum absolute atomic E-state index is 0.00203. The Hall–Kier alpha value is -1.65. The number of sulfonamides is 2. The number of hydrogen-bond acceptors (Lipinski definition) is 5. The minimum Gasteiger partial charge on any atom is -0.495 e. The van der Waals surface area contributed by atoms with Crippen LogP contribution in [0.15, 0.2) is 52.3 Å². The van der Waals surface area contributed by atoms with Gasteiger partial charge in [0.1, 0.15) is 10.6 Å². The van der Waals surface area contributed by atoms with Gasteiger partial charge in [0, 0.05) is 24.7 Å². The fourth-order valence-electron chi connectivity index (χ4n) is 3.15. The van der Waals surface area contributed by atoms with Crippen LogP contribution in [0.2, 0.25) is 5.02 Å². The van der Waals surface area contributed by atoms with Crippen molar-refractivity contribution in [3.8, 4) is 5.75 Å². The van der Waals surface area contributed by atoms with Crippen LogP contribution in [0.25, 0.3) is 0 Å². The van der Waals surface area contributed by atoms with E-state index in [4.69, 9.17) is 16.3 Å². The summed E-state index contributed by atoms with van der Waals surface area (Å²) in [5.41, 5.74) is 0.632. The van der Waals surface area contributed by atoms with Gasteiger partial charge in [-0.3, -0.25) is 0 Å². The highest BCUT2D eigenvalue weighted by Gasteiger charge is 2.26. The molecule has 1 N–H and O–H groups in total. The first-order chi connectivity index (χ1) is 13.7. The van der Waals surface area contributed by atoms with Crippen molar-refractivity contribution in [3.63, 3.8) is 0 Å². The topological polar surface area (TPSA) is 92.8 Å². The van der Waals surface area contributed by atoms with Crippen LogP contribution in [-0.2, 0) is 26.6 Å². The molecule has 0 bridgehead atoms. The Kier molecular flexibility index (Phi) is 6.85. The molecule has 0 radical (unpaired) electrons. The molecule has 1 aliphatic heterocycles. The van der Waals surface area contributed by atoms with Crippen LogP contribution >= 0.6 is 11.6 Å². The van der Waals surface area contributed by atoms with Crippen molar-refractivity contribution in [1.82, 2.24) is 9.03 Å². The Morgan fingerprint density at radius 2 is 1.66 bits per heavy atom. The lowest BCUT2D eigenvalue weighted by atomic mass is 10.2. The molecule has 0 atom stereocenters. The van der Waals surface area contributed by atoms with Crippen molar-refractivity contribution in [2.75, 3.05) is 20.2 Å². The zero-order valence-corrected chi connectivity index (χ0v) is 18.4. The Morgan fingerprint density at radius 3 is 2.28 bits per heavy atom. The van der Waals surface area contributed by atoms with Gasteiger partial charge in [0.15, 0.2) is 0 Å². The Morgan fingerprint density at radius 1 is 1.00 bits per heavy atom. The normalized spacial score (nSPS) is 15.9. The number of piperidine rings is 1. The Balaban J connectivity index is 1.73. The summed E-state index contributed by atoms with van der Waals surface area (Å²) in [7, 11) is -6.00. The molecule has 1 fully saturated rings. The maximum atomic E-state index is 12.7. The number of halogens is 1. The van der Waals surface area contributed by atoms with Crippen molar-refractivity contribution >= 4 is 31.6 Å². The molecule has 29 heavy (non-hydrogen) atoms. The van der Waals surface area contributed by atoms with Crippen molar-refractivity contribution in [2.24, 2.45) is 0 Å². The largest absolute Gasteiger partial charge is 0.495 e. The predicted molar refractivity (Wildman–Crippen MR) is 111 cm³/mol. The number of ether oxygens (including phenoxy) is 1. The van der Waals surface area contributed by atoms with E-state index < -0.39 is 20.0 Å². The Bertz CT molecular complexity index is 1060. The number of hydrogen-bond donors (Lipinski definition) is 1. The summed E-state index contributed by atoms with van der Waals surface area (Å²) >= 11 is 5.91. The maximum absolute atomic E-state index is 12.7. The second-order valence-electron chi connectivity index (χ2n) is 6.73. The molecule has 0 aliphatic carbocycles. The molecule has 10 heteroatoms. The average molecular weight is 459 g/mol. The number of rotatable bonds is 7. The lowest BCUT2D eigenvalue weighted by molar-refractivity contribution is 0.346. The fourth-order valence-corrected chi connectivity index (χ4v) is 6.11. The van der Waals surface area contributed by atoms with Gasteiger partial charge in [-0.1, -0.05) is 30.2 Å². The number of benzene rings is 2. The van der Waals surface area contributed by atoms with Gasteiger partial charge in [-0.25, -0.2) is 21.6 Å². The summed E-state index contributed by atoms with van der Waals surface area (Å²) in [4.78, 5) is 0.152. The molecular formula is C19H23ClN2O5S2. The molecule has 0 unspecified atom stereocenters. The first-order valence-corrected chi connectivity index (χ1v) is 12.5. The highest BCUT2D eigenvalue weighted by atomic mass is 35.5. The Labute approximate surface area is 176 Å². The van der Waals surface area contributed by atoms with E-state index in [0.29, 0.717) is 18.7 Å². The van der Waals surface area contributed by atoms with Crippen LogP contribution in [0.3, 0.4) is 0 Å². The molecule has 1 heterocycles. The fraction of sp³-hybridized carbons (Fsp3) is 0.368. The van der Waals surface area contributed by atoms with E-state index in [2.05, 4.69) is 4.72 Å². The molecule has 2 aromatic carbocycles. The van der Waals surface area contributed by atoms with Gasteiger partial charge in [-0.2, -0.15) is 4.31 Å². The minimum atomic E-state index is -3.87. The summed E-state index contributed by atoms with van der Waals surface area (Å²) in [6, 6.07) is 10.6. The van der Waals surface area contributed by atoms with Crippen LogP contribution in [0, 0.1) is 0 Å². The molecular weight excluding hydrogens is 436 g/mol. The molecule has 7 nitrogen and oxygen atoms in total. The van der Waals surface area contributed by atoms with Gasteiger partial charge >= 0.3 is 0 Å². The maximum Gasteiger partial charge on any atom is 0.244 e. The smallest absolute Gasteiger partial charge is 0.244 e. The predicted octanol–water partition coefficient (Wildman–Crippen LogP) is 3.00. The van der Waals surface area contributed by atoms with Gasteiger partial charge in [0.05, 0.1) is 12.0 Å². The number of nitrogens with one attached hydrogen (secondary N) is 1. The van der Waals surface area contributed by atoms with E-state index in [0.717, 1.165) is 19.3 Å². The molecule has 1 aliphatic rings. The van der Waals surface area contributed by atoms with E-state index in [-0.39, 0.29) is 27.1 Å². The lowest BCUT2D eigenvalue weighted by Crippen LogP contribution is -2.35. The third-order valence-electron chi connectivity index (χ3n) is 4.76. The molecule has 0 aromatic heterocycles. The standard InChI is InChI=1S/C19H23ClN2O5S2/c1-27-18-10-7-16(20)13-19(18)28(23,24)21-14-15-5-8-17(9-6-15)29(25,26)22-11-3-2-4-12-22/h5-10,13,21H,2-4,11-12,14H2,1H3. The summed E-state index contributed by atoms with van der Waals surface area (Å²) in [6.45, 7) is 1.07. The molecule has 0 amide bonds. The monoisotopic (exact) mass is 458 g/mol. The second kappa shape index (κ2) is 9.01. The van der Waals surface area contributed by atoms with Crippen LogP contribution in [-0.4, -0.2) is 41.3 Å². The third kappa shape index (κ3) is 5.10. The SMILES string of the molecule is COc1ccc(Cl)cc1S(=O)(=O)NCc1ccc(S(=O)(=O)N2CCCCC2)cc1. The zero-order valence-electron chi connectivity index (χ0n) is 16.0. The van der Waals surface area contributed by atoms with Gasteiger partial charge in [0.25, 0.3) is 0 Å². The van der Waals surface area contributed by atoms with E-state index in [1.54, 1.807) is 18.2 Å². The summed E-state index contributed by atoms with van der Waals surface area (Å²) in [6.07, 6.45) is 2.78. The molecule has 158 valence electrons. The lowest BCUT2D eigenvalue weighted by Gasteiger charge is -2.25. The van der Waals surface area contributed by atoms with Crippen LogP contribution in [0.4, 0.5) is 0 Å². The number of methoxy groups -OCH3 is 1. The van der Waals surface area contributed by atoms with Gasteiger partial charge in [-0.15, -0.1) is 0 Å². The van der Waals surface area contributed by atoms with Gasteiger partial charge in [-0.05, 0) is 48.7 Å². The van der Waals surface area contributed by atoms with Crippen LogP contribution in [0.1, 0.15) is 24.8 Å². The third-order valence-corrected chi connectivity index (χ3v) is 8.33. The first kappa shape index (κ1) is 22.0. The van der Waals surface area contributed by atoms with E-state index in [1.807, 2.05) is 0 Å². The van der Waals surface area contributed by atoms with Gasteiger partial charge < -0.3 is 4.74 Å². The quantitative estimate of drug-likeness (QED) is 0.688. The van der Waals surface area contributed by atoms with Crippen molar-refractivity contribution in [1.29, 1.82) is 0 Å². The highest BCUT2D eigenvalue weighted by Crippen LogP contribution is 2.27. The molecule has 0 saturated carbocycles. The highest BCUT2D eigenvalue weighted by molar-refractivity contribution is 7.89. The molecule has 2 aromatic rings. The van der Waals surface area contributed by atoms with Crippen LogP contribution in [0.5, 0.6) is 5.75 Å². The van der Waals surface area contributed by atoms with Crippen molar-refractivity contribution in [3.05, 3.63) is 53.1 Å². The van der Waals surface area contributed by atoms with E-state index in [1.165, 1.54) is 35.7 Å². The van der Waals surface area contributed by atoms with Crippen molar-refractivity contribution in [2.45, 2.75) is 35.6 Å². The van der Waals surface area contributed by atoms with Gasteiger partial charge in [0.2, 0.25) is 20.0 Å². The summed E-state index contributed by atoms with van der Waals surface area (Å²) in [5.74, 6) is 0.185.